The summed E-state index contributed by atoms with van der Waals surface area (Å²) in [5.74, 6) is 4.43. The molecule has 0 unspecified atom stereocenters. The SMILES string of the molecule is C=C(CCC[C@@H](C)CCCC/C(C)=C/C/C=C(\C)CC[C@H]1[C@@H](C)CCCC1(C)C)CC[C@@H]1[C@@H](C)CCCC1(C)C. The predicted octanol–water partition coefficient (Wildman–Crippen LogP) is 13.7. The molecule has 2 fully saturated rings. The molecule has 0 aromatic heterocycles. The fourth-order valence-electron chi connectivity index (χ4n) is 8.70. The molecule has 0 heterocycles. The quantitative estimate of drug-likeness (QED) is 0.124. The minimum absolute atomic E-state index is 0.528. The Kier molecular flexibility index (Phi) is 15.4. The van der Waals surface area contributed by atoms with Gasteiger partial charge >= 0.3 is 0 Å². The Hall–Kier alpha value is -0.780. The van der Waals surface area contributed by atoms with Crippen LogP contribution in [-0.4, -0.2) is 0 Å². The van der Waals surface area contributed by atoms with Crippen LogP contribution in [-0.2, 0) is 0 Å². The van der Waals surface area contributed by atoms with Crippen molar-refractivity contribution < 1.29 is 0 Å². The lowest BCUT2D eigenvalue weighted by molar-refractivity contribution is 0.0765. The average molecular weight is 553 g/mol. The third-order valence-electron chi connectivity index (χ3n) is 11.7. The van der Waals surface area contributed by atoms with Crippen LogP contribution in [0.1, 0.15) is 178 Å². The van der Waals surface area contributed by atoms with Crippen LogP contribution in [0.2, 0.25) is 0 Å². The second-order valence-corrected chi connectivity index (χ2v) is 16.3. The highest BCUT2D eigenvalue weighted by molar-refractivity contribution is 5.07. The minimum atomic E-state index is 0.528. The number of unbranched alkanes of at least 4 members (excludes halogenated alkanes) is 1. The molecule has 0 aromatic carbocycles. The molecule has 2 rings (SSSR count). The topological polar surface area (TPSA) is 0 Å². The molecule has 0 N–H and O–H groups in total. The summed E-state index contributed by atoms with van der Waals surface area (Å²) in [6.45, 7) is 26.7. The van der Waals surface area contributed by atoms with Gasteiger partial charge in [-0.2, -0.15) is 0 Å². The van der Waals surface area contributed by atoms with Crippen molar-refractivity contribution in [1.29, 1.82) is 0 Å². The molecule has 5 atom stereocenters. The van der Waals surface area contributed by atoms with Crippen LogP contribution in [0.15, 0.2) is 35.5 Å². The van der Waals surface area contributed by atoms with Crippen LogP contribution in [0.4, 0.5) is 0 Å². The first-order valence-corrected chi connectivity index (χ1v) is 17.8. The Morgan fingerprint density at radius 3 is 1.77 bits per heavy atom. The highest BCUT2D eigenvalue weighted by Gasteiger charge is 2.37. The van der Waals surface area contributed by atoms with Crippen molar-refractivity contribution in [3.8, 4) is 0 Å². The van der Waals surface area contributed by atoms with E-state index in [9.17, 15) is 0 Å². The first-order valence-electron chi connectivity index (χ1n) is 17.8. The van der Waals surface area contributed by atoms with Gasteiger partial charge in [0, 0.05) is 0 Å². The number of hydrogen-bond acceptors (Lipinski definition) is 0. The van der Waals surface area contributed by atoms with E-state index in [0.29, 0.717) is 10.8 Å². The zero-order valence-electron chi connectivity index (χ0n) is 29.0. The van der Waals surface area contributed by atoms with Gasteiger partial charge in [-0.3, -0.25) is 0 Å². The first-order chi connectivity index (χ1) is 18.8. The third kappa shape index (κ3) is 12.6. The van der Waals surface area contributed by atoms with Crippen molar-refractivity contribution in [3.63, 3.8) is 0 Å². The Morgan fingerprint density at radius 2 is 1.23 bits per heavy atom. The number of rotatable bonds is 17. The lowest BCUT2D eigenvalue weighted by Gasteiger charge is -2.43. The Bertz CT molecular complexity index is 789. The summed E-state index contributed by atoms with van der Waals surface area (Å²) in [5.41, 5.74) is 5.76. The minimum Gasteiger partial charge on any atom is -0.0999 e. The van der Waals surface area contributed by atoms with E-state index < -0.39 is 0 Å². The molecule has 0 heteroatoms. The molecule has 40 heavy (non-hydrogen) atoms. The molecule has 0 radical (unpaired) electrons. The van der Waals surface area contributed by atoms with E-state index in [2.05, 4.69) is 81.0 Å². The smallest absolute Gasteiger partial charge is 0.0164 e. The van der Waals surface area contributed by atoms with Crippen molar-refractivity contribution in [3.05, 3.63) is 35.5 Å². The molecule has 0 aromatic rings. The molecule has 232 valence electrons. The second kappa shape index (κ2) is 17.4. The summed E-state index contributed by atoms with van der Waals surface area (Å²) in [6, 6.07) is 0. The molecule has 0 spiro atoms. The Labute approximate surface area is 253 Å². The summed E-state index contributed by atoms with van der Waals surface area (Å²) in [4.78, 5) is 0. The van der Waals surface area contributed by atoms with Gasteiger partial charge in [0.2, 0.25) is 0 Å². The molecule has 2 aliphatic carbocycles. The van der Waals surface area contributed by atoms with Gasteiger partial charge in [-0.1, -0.05) is 129 Å². The van der Waals surface area contributed by atoms with Crippen molar-refractivity contribution in [2.24, 2.45) is 40.4 Å². The van der Waals surface area contributed by atoms with E-state index in [4.69, 9.17) is 0 Å². The standard InChI is InChI=1S/C40H72/c1-31(19-13-21-33(3)25-27-37-35(5)23-15-29-39(37,7)8)17-11-12-18-32(2)20-14-22-34(4)26-28-38-36(6)24-16-30-40(38,9)10/h20,22,31,35-38H,3,11-19,21,23-30H2,1-2,4-10H3/b32-20+,34-22+/t31-,35-,36-,37+,38-/m0/s1. The molecule has 2 aliphatic rings. The molecular formula is C40H72. The third-order valence-corrected chi connectivity index (χ3v) is 11.7. The van der Waals surface area contributed by atoms with Crippen LogP contribution in [0.25, 0.3) is 0 Å². The van der Waals surface area contributed by atoms with Gasteiger partial charge in [0.1, 0.15) is 0 Å². The van der Waals surface area contributed by atoms with Crippen LogP contribution < -0.4 is 0 Å². The average Bonchev–Trinajstić information content (AvgIpc) is 2.85. The molecule has 0 bridgehead atoms. The Balaban J connectivity index is 1.54. The molecular weight excluding hydrogens is 480 g/mol. The van der Waals surface area contributed by atoms with Crippen molar-refractivity contribution in [1.82, 2.24) is 0 Å². The first kappa shape index (κ1) is 35.4. The summed E-state index contributed by atoms with van der Waals surface area (Å²) < 4.78 is 0. The van der Waals surface area contributed by atoms with Gasteiger partial charge in [0.15, 0.2) is 0 Å². The van der Waals surface area contributed by atoms with Gasteiger partial charge in [0.05, 0.1) is 0 Å². The summed E-state index contributed by atoms with van der Waals surface area (Å²) in [6.07, 6.45) is 29.3. The van der Waals surface area contributed by atoms with Gasteiger partial charge in [-0.15, -0.1) is 0 Å². The lowest BCUT2D eigenvalue weighted by atomic mass is 9.62. The van der Waals surface area contributed by atoms with Crippen LogP contribution in [0.5, 0.6) is 0 Å². The highest BCUT2D eigenvalue weighted by atomic mass is 14.4. The fourth-order valence-corrected chi connectivity index (χ4v) is 8.70. The lowest BCUT2D eigenvalue weighted by Crippen LogP contribution is -2.33. The number of hydrogen-bond donors (Lipinski definition) is 0. The molecule has 0 saturated heterocycles. The van der Waals surface area contributed by atoms with Crippen molar-refractivity contribution >= 4 is 0 Å². The maximum absolute atomic E-state index is 4.47. The number of allylic oxidation sites excluding steroid dienone is 5. The summed E-state index contributed by atoms with van der Waals surface area (Å²) >= 11 is 0. The molecule has 0 aliphatic heterocycles. The van der Waals surface area contributed by atoms with E-state index in [-0.39, 0.29) is 0 Å². The molecule has 0 amide bonds. The van der Waals surface area contributed by atoms with Crippen LogP contribution in [0.3, 0.4) is 0 Å². The summed E-state index contributed by atoms with van der Waals surface area (Å²) in [5, 5.41) is 0. The van der Waals surface area contributed by atoms with Crippen LogP contribution >= 0.6 is 0 Å². The zero-order chi connectivity index (χ0) is 29.8. The van der Waals surface area contributed by atoms with E-state index in [1.807, 2.05) is 0 Å². The Morgan fingerprint density at radius 1 is 0.725 bits per heavy atom. The van der Waals surface area contributed by atoms with E-state index in [1.54, 1.807) is 11.1 Å². The largest absolute Gasteiger partial charge is 0.0999 e. The van der Waals surface area contributed by atoms with Gasteiger partial charge < -0.3 is 0 Å². The monoisotopic (exact) mass is 553 g/mol. The van der Waals surface area contributed by atoms with Crippen LogP contribution in [0, 0.1) is 40.4 Å². The van der Waals surface area contributed by atoms with Gasteiger partial charge in [-0.05, 0) is 125 Å². The molecule has 2 saturated carbocycles. The highest BCUT2D eigenvalue weighted by Crippen LogP contribution is 2.47. The van der Waals surface area contributed by atoms with E-state index >= 15 is 0 Å². The van der Waals surface area contributed by atoms with Crippen molar-refractivity contribution in [2.45, 2.75) is 178 Å². The predicted molar refractivity (Wildman–Crippen MR) is 182 cm³/mol. The van der Waals surface area contributed by atoms with Gasteiger partial charge in [0.25, 0.3) is 0 Å². The van der Waals surface area contributed by atoms with E-state index in [0.717, 1.165) is 36.0 Å². The molecule has 0 nitrogen and oxygen atoms in total. The summed E-state index contributed by atoms with van der Waals surface area (Å²) in [7, 11) is 0. The second-order valence-electron chi connectivity index (χ2n) is 16.3. The fraction of sp³-hybridized carbons (Fsp3) is 0.850. The van der Waals surface area contributed by atoms with E-state index in [1.165, 1.54) is 115 Å². The maximum atomic E-state index is 4.47. The normalized spacial score (nSPS) is 27.9. The zero-order valence-corrected chi connectivity index (χ0v) is 29.0. The maximum Gasteiger partial charge on any atom is -0.0164 e. The van der Waals surface area contributed by atoms with Gasteiger partial charge in [-0.25, -0.2) is 0 Å². The van der Waals surface area contributed by atoms with Crippen molar-refractivity contribution in [2.75, 3.05) is 0 Å².